The van der Waals surface area contributed by atoms with Crippen LogP contribution in [0.5, 0.6) is 0 Å². The van der Waals surface area contributed by atoms with E-state index < -0.39 is 0 Å². The van der Waals surface area contributed by atoms with Gasteiger partial charge in [-0.25, -0.2) is 0 Å². The predicted molar refractivity (Wildman–Crippen MR) is 101 cm³/mol. The number of nitrogens with zero attached hydrogens (tertiary/aromatic N) is 1. The van der Waals surface area contributed by atoms with Gasteiger partial charge in [-0.15, -0.1) is 11.6 Å². The number of amidine groups is 1. The molecule has 0 bridgehead atoms. The van der Waals surface area contributed by atoms with E-state index in [2.05, 4.69) is 15.6 Å². The summed E-state index contributed by atoms with van der Waals surface area (Å²) in [5, 5.41) is 6.38. The lowest BCUT2D eigenvalue weighted by atomic mass is 10.0. The Balaban J connectivity index is 2.55. The zero-order valence-corrected chi connectivity index (χ0v) is 15.6. The largest absolute Gasteiger partial charge is 0.386 e. The van der Waals surface area contributed by atoms with Gasteiger partial charge >= 0.3 is 0 Å². The molecule has 6 heteroatoms. The molecule has 0 fully saturated rings. The van der Waals surface area contributed by atoms with Gasteiger partial charge in [0.1, 0.15) is 5.84 Å². The molecule has 1 aromatic rings. The highest BCUT2D eigenvalue weighted by Crippen LogP contribution is 2.07. The van der Waals surface area contributed by atoms with Crippen molar-refractivity contribution >= 4 is 23.3 Å². The summed E-state index contributed by atoms with van der Waals surface area (Å²) in [6.07, 6.45) is 1.46. The summed E-state index contributed by atoms with van der Waals surface area (Å²) in [5.74, 6) is 0.676. The van der Waals surface area contributed by atoms with Crippen molar-refractivity contribution in [2.24, 2.45) is 10.7 Å². The summed E-state index contributed by atoms with van der Waals surface area (Å²) in [7, 11) is 0. The van der Waals surface area contributed by atoms with Gasteiger partial charge in [0.25, 0.3) is 0 Å². The minimum atomic E-state index is -0.263. The number of hydrogen-bond donors (Lipinski definition) is 3. The van der Waals surface area contributed by atoms with E-state index in [1.54, 1.807) is 0 Å². The molecule has 0 aromatic heterocycles. The van der Waals surface area contributed by atoms with Crippen molar-refractivity contribution in [2.75, 3.05) is 12.4 Å². The highest BCUT2D eigenvalue weighted by Gasteiger charge is 2.23. The maximum absolute atomic E-state index is 12.5. The first-order valence-electron chi connectivity index (χ1n) is 8.26. The molecule has 0 aliphatic rings. The van der Waals surface area contributed by atoms with Crippen LogP contribution in [0.3, 0.4) is 0 Å². The quantitative estimate of drug-likeness (QED) is 0.276. The smallest absolute Gasteiger partial charge is 0.237 e. The molecular weight excluding hydrogens is 324 g/mol. The highest BCUT2D eigenvalue weighted by atomic mass is 35.5. The SMILES string of the molecule is CC(C)(C)N[C@@H](CCCN=C(N)CCl)C(=O)NCc1ccccc1. The third kappa shape index (κ3) is 8.89. The van der Waals surface area contributed by atoms with Crippen molar-refractivity contribution in [1.29, 1.82) is 0 Å². The lowest BCUT2D eigenvalue weighted by molar-refractivity contribution is -0.124. The number of nitrogens with one attached hydrogen (secondary N) is 2. The summed E-state index contributed by atoms with van der Waals surface area (Å²) in [5.41, 5.74) is 6.52. The van der Waals surface area contributed by atoms with Gasteiger partial charge in [-0.05, 0) is 39.2 Å². The molecule has 1 atom stereocenters. The molecule has 0 aliphatic carbocycles. The van der Waals surface area contributed by atoms with Crippen LogP contribution in [0.4, 0.5) is 0 Å². The molecule has 0 radical (unpaired) electrons. The van der Waals surface area contributed by atoms with E-state index in [0.29, 0.717) is 25.3 Å². The average Bonchev–Trinajstić information content (AvgIpc) is 2.55. The van der Waals surface area contributed by atoms with E-state index in [0.717, 1.165) is 12.0 Å². The summed E-state index contributed by atoms with van der Waals surface area (Å²) >= 11 is 5.60. The number of nitrogens with two attached hydrogens (primary N) is 1. The van der Waals surface area contributed by atoms with Gasteiger partial charge in [0.2, 0.25) is 5.91 Å². The molecule has 1 amide bonds. The van der Waals surface area contributed by atoms with Crippen LogP contribution < -0.4 is 16.4 Å². The van der Waals surface area contributed by atoms with Crippen LogP contribution in [-0.4, -0.2) is 35.7 Å². The minimum absolute atomic E-state index is 0.00285. The standard InChI is InChI=1S/C18H29ClN4O/c1-18(2,3)23-15(10-7-11-21-16(20)12-19)17(24)22-13-14-8-5-4-6-9-14/h4-6,8-9,15,23H,7,10-13H2,1-3H3,(H2,20,21)(H,22,24)/t15-/m0/s1. The van der Waals surface area contributed by atoms with Crippen LogP contribution in [0.25, 0.3) is 0 Å². The molecule has 0 unspecified atom stereocenters. The molecule has 134 valence electrons. The fraction of sp³-hybridized carbons (Fsp3) is 0.556. The van der Waals surface area contributed by atoms with E-state index in [-0.39, 0.29) is 23.4 Å². The second kappa shape index (κ2) is 10.3. The van der Waals surface area contributed by atoms with Crippen LogP contribution in [0.1, 0.15) is 39.2 Å². The van der Waals surface area contributed by atoms with Crippen molar-refractivity contribution in [2.45, 2.75) is 51.7 Å². The lowest BCUT2D eigenvalue weighted by Gasteiger charge is -2.28. The molecular formula is C18H29ClN4O. The first-order valence-corrected chi connectivity index (χ1v) is 8.79. The second-order valence-electron chi connectivity index (χ2n) is 6.80. The van der Waals surface area contributed by atoms with E-state index in [4.69, 9.17) is 17.3 Å². The number of carbonyl (C=O) groups excluding carboxylic acids is 1. The van der Waals surface area contributed by atoms with E-state index in [1.807, 2.05) is 51.1 Å². The Hall–Kier alpha value is -1.59. The third-order valence-electron chi connectivity index (χ3n) is 3.34. The Kier molecular flexibility index (Phi) is 8.79. The number of benzene rings is 1. The normalized spacial score (nSPS) is 13.6. The monoisotopic (exact) mass is 352 g/mol. The molecule has 0 saturated carbocycles. The van der Waals surface area contributed by atoms with Crippen molar-refractivity contribution in [3.05, 3.63) is 35.9 Å². The zero-order chi connectivity index (χ0) is 18.0. The third-order valence-corrected chi connectivity index (χ3v) is 3.61. The molecule has 24 heavy (non-hydrogen) atoms. The van der Waals surface area contributed by atoms with Crippen LogP contribution in [0.15, 0.2) is 35.3 Å². The zero-order valence-electron chi connectivity index (χ0n) is 14.8. The van der Waals surface area contributed by atoms with Crippen LogP contribution >= 0.6 is 11.6 Å². The maximum Gasteiger partial charge on any atom is 0.237 e. The molecule has 4 N–H and O–H groups in total. The number of halogens is 1. The minimum Gasteiger partial charge on any atom is -0.386 e. The van der Waals surface area contributed by atoms with Crippen LogP contribution in [-0.2, 0) is 11.3 Å². The van der Waals surface area contributed by atoms with E-state index in [1.165, 1.54) is 0 Å². The van der Waals surface area contributed by atoms with Crippen molar-refractivity contribution < 1.29 is 4.79 Å². The lowest BCUT2D eigenvalue weighted by Crippen LogP contribution is -2.51. The average molecular weight is 353 g/mol. The molecule has 1 rings (SSSR count). The Morgan fingerprint density at radius 3 is 2.54 bits per heavy atom. The summed E-state index contributed by atoms with van der Waals surface area (Å²) < 4.78 is 0. The fourth-order valence-corrected chi connectivity index (χ4v) is 2.34. The van der Waals surface area contributed by atoms with E-state index >= 15 is 0 Å². The highest BCUT2D eigenvalue weighted by molar-refractivity contribution is 6.27. The van der Waals surface area contributed by atoms with Gasteiger partial charge in [0.05, 0.1) is 11.9 Å². The van der Waals surface area contributed by atoms with Gasteiger partial charge in [-0.1, -0.05) is 30.3 Å². The summed E-state index contributed by atoms with van der Waals surface area (Å²) in [6, 6.07) is 9.62. The number of aliphatic imine (C=N–C) groups is 1. The molecule has 0 spiro atoms. The molecule has 1 aromatic carbocycles. The first-order chi connectivity index (χ1) is 11.3. The second-order valence-corrected chi connectivity index (χ2v) is 7.07. The molecule has 0 saturated heterocycles. The predicted octanol–water partition coefficient (Wildman–Crippen LogP) is 2.44. The Labute approximate surface area is 150 Å². The Morgan fingerprint density at radius 2 is 1.96 bits per heavy atom. The number of alkyl halides is 1. The molecule has 0 heterocycles. The number of hydrogen-bond acceptors (Lipinski definition) is 3. The summed E-state index contributed by atoms with van der Waals surface area (Å²) in [6.45, 7) is 7.25. The van der Waals surface area contributed by atoms with Gasteiger partial charge in [-0.3, -0.25) is 9.79 Å². The fourth-order valence-electron chi connectivity index (χ4n) is 2.26. The van der Waals surface area contributed by atoms with Crippen molar-refractivity contribution in [3.8, 4) is 0 Å². The van der Waals surface area contributed by atoms with Gasteiger partial charge in [-0.2, -0.15) is 0 Å². The summed E-state index contributed by atoms with van der Waals surface area (Å²) in [4.78, 5) is 16.7. The van der Waals surface area contributed by atoms with Gasteiger partial charge in [0, 0.05) is 18.6 Å². The number of carbonyl (C=O) groups is 1. The first kappa shape index (κ1) is 20.5. The number of amides is 1. The van der Waals surface area contributed by atoms with Crippen LogP contribution in [0.2, 0.25) is 0 Å². The maximum atomic E-state index is 12.5. The Bertz CT molecular complexity index is 526. The van der Waals surface area contributed by atoms with Crippen molar-refractivity contribution in [1.82, 2.24) is 10.6 Å². The molecule has 5 nitrogen and oxygen atoms in total. The Morgan fingerprint density at radius 1 is 1.29 bits per heavy atom. The van der Waals surface area contributed by atoms with Gasteiger partial charge < -0.3 is 16.4 Å². The topological polar surface area (TPSA) is 79.5 Å². The van der Waals surface area contributed by atoms with E-state index in [9.17, 15) is 4.79 Å². The van der Waals surface area contributed by atoms with Crippen molar-refractivity contribution in [3.63, 3.8) is 0 Å². The number of rotatable bonds is 9. The van der Waals surface area contributed by atoms with Gasteiger partial charge in [0.15, 0.2) is 0 Å². The van der Waals surface area contributed by atoms with Crippen LogP contribution in [0, 0.1) is 0 Å². The molecule has 0 aliphatic heterocycles.